The fraction of sp³-hybridized carbons (Fsp3) is 0.526. The number of nitrogens with zero attached hydrogens (tertiary/aromatic N) is 3. The minimum atomic E-state index is -0.810. The highest BCUT2D eigenvalue weighted by atomic mass is 16.2. The lowest BCUT2D eigenvalue weighted by atomic mass is 10.1. The van der Waals surface area contributed by atoms with Crippen LogP contribution in [0.1, 0.15) is 38.2 Å². The Morgan fingerprint density at radius 1 is 1.33 bits per heavy atom. The Hall–Kier alpha value is -2.35. The molecule has 2 aliphatic rings. The van der Waals surface area contributed by atoms with Crippen molar-refractivity contribution in [3.63, 3.8) is 0 Å². The third-order valence-electron chi connectivity index (χ3n) is 5.12. The average molecular weight is 325 g/mol. The van der Waals surface area contributed by atoms with Crippen LogP contribution >= 0.6 is 0 Å². The third-order valence-corrected chi connectivity index (χ3v) is 5.12. The van der Waals surface area contributed by atoms with Gasteiger partial charge in [-0.1, -0.05) is 37.3 Å². The van der Waals surface area contributed by atoms with E-state index in [1.165, 1.54) is 0 Å². The van der Waals surface area contributed by atoms with Crippen LogP contribution in [0.15, 0.2) is 30.3 Å². The van der Waals surface area contributed by atoms with Crippen LogP contribution in [0.25, 0.3) is 0 Å². The van der Waals surface area contributed by atoms with E-state index in [2.05, 4.69) is 6.07 Å². The third kappa shape index (κ3) is 3.14. The summed E-state index contributed by atoms with van der Waals surface area (Å²) in [5, 5.41) is 9.27. The Labute approximate surface area is 142 Å². The molecule has 3 rings (SSSR count). The van der Waals surface area contributed by atoms with E-state index in [1.54, 1.807) is 4.90 Å². The molecule has 24 heavy (non-hydrogen) atoms. The summed E-state index contributed by atoms with van der Waals surface area (Å²) in [6.45, 7) is 3.56. The molecule has 0 spiro atoms. The molecule has 1 aromatic rings. The van der Waals surface area contributed by atoms with E-state index in [0.29, 0.717) is 38.9 Å². The molecular weight excluding hydrogens is 302 g/mol. The normalized spacial score (nSPS) is 22.7. The zero-order chi connectivity index (χ0) is 17.2. The first kappa shape index (κ1) is 16.5. The molecule has 2 fully saturated rings. The van der Waals surface area contributed by atoms with Crippen molar-refractivity contribution in [3.8, 4) is 6.07 Å². The number of amides is 2. The number of rotatable bonds is 4. The molecular formula is C19H23N3O2. The second kappa shape index (κ2) is 6.64. The van der Waals surface area contributed by atoms with E-state index in [9.17, 15) is 14.9 Å². The highest BCUT2D eigenvalue weighted by Crippen LogP contribution is 2.46. The van der Waals surface area contributed by atoms with Crippen LogP contribution < -0.4 is 0 Å². The molecule has 1 aliphatic heterocycles. The molecule has 1 saturated carbocycles. The second-order valence-electron chi connectivity index (χ2n) is 6.76. The van der Waals surface area contributed by atoms with E-state index in [4.69, 9.17) is 0 Å². The van der Waals surface area contributed by atoms with Gasteiger partial charge in [0.2, 0.25) is 11.8 Å². The van der Waals surface area contributed by atoms with Crippen molar-refractivity contribution in [3.05, 3.63) is 35.9 Å². The van der Waals surface area contributed by atoms with Crippen LogP contribution in [0.4, 0.5) is 0 Å². The number of hydrogen-bond donors (Lipinski definition) is 0. The average Bonchev–Trinajstić information content (AvgIpc) is 3.42. The quantitative estimate of drug-likeness (QED) is 0.853. The largest absolute Gasteiger partial charge is 0.339 e. The Kier molecular flexibility index (Phi) is 4.57. The van der Waals surface area contributed by atoms with Gasteiger partial charge in [0.15, 0.2) is 0 Å². The first-order valence-corrected chi connectivity index (χ1v) is 8.63. The molecule has 0 bridgehead atoms. The van der Waals surface area contributed by atoms with Crippen molar-refractivity contribution in [1.29, 1.82) is 5.26 Å². The molecule has 126 valence electrons. The summed E-state index contributed by atoms with van der Waals surface area (Å²) in [7, 11) is 0. The summed E-state index contributed by atoms with van der Waals surface area (Å²) in [5.74, 6) is 0.000573. The maximum Gasteiger partial charge on any atom is 0.243 e. The Morgan fingerprint density at radius 2 is 2.04 bits per heavy atom. The lowest BCUT2D eigenvalue weighted by Crippen LogP contribution is -2.45. The molecule has 0 N–H and O–H groups in total. The van der Waals surface area contributed by atoms with Gasteiger partial charge in [0.1, 0.15) is 5.41 Å². The van der Waals surface area contributed by atoms with Gasteiger partial charge in [-0.15, -0.1) is 0 Å². The summed E-state index contributed by atoms with van der Waals surface area (Å²) >= 11 is 0. The van der Waals surface area contributed by atoms with E-state index >= 15 is 0 Å². The van der Waals surface area contributed by atoms with Gasteiger partial charge in [-0.3, -0.25) is 9.59 Å². The molecule has 0 radical (unpaired) electrons. The van der Waals surface area contributed by atoms with Crippen LogP contribution in [0.5, 0.6) is 0 Å². The van der Waals surface area contributed by atoms with Crippen LogP contribution in [0, 0.1) is 16.7 Å². The number of hydrogen-bond acceptors (Lipinski definition) is 3. The van der Waals surface area contributed by atoms with Crippen molar-refractivity contribution in [2.75, 3.05) is 13.1 Å². The Morgan fingerprint density at radius 3 is 2.62 bits per heavy atom. The summed E-state index contributed by atoms with van der Waals surface area (Å²) in [6.07, 6.45) is 2.42. The van der Waals surface area contributed by atoms with Gasteiger partial charge in [0, 0.05) is 32.1 Å². The number of benzene rings is 1. The Balaban J connectivity index is 1.76. The topological polar surface area (TPSA) is 64.4 Å². The van der Waals surface area contributed by atoms with Crippen molar-refractivity contribution in [2.24, 2.45) is 5.41 Å². The maximum absolute atomic E-state index is 12.7. The van der Waals surface area contributed by atoms with E-state index < -0.39 is 5.41 Å². The summed E-state index contributed by atoms with van der Waals surface area (Å²) in [6, 6.07) is 12.1. The number of carbonyl (C=O) groups excluding carboxylic acids is 2. The Bertz CT molecular complexity index is 661. The van der Waals surface area contributed by atoms with Gasteiger partial charge in [0.05, 0.1) is 6.07 Å². The second-order valence-corrected chi connectivity index (χ2v) is 6.76. The predicted molar refractivity (Wildman–Crippen MR) is 89.5 cm³/mol. The lowest BCUT2D eigenvalue weighted by molar-refractivity contribution is -0.135. The molecule has 0 aromatic heterocycles. The minimum Gasteiger partial charge on any atom is -0.339 e. The molecule has 1 atom stereocenters. The smallest absolute Gasteiger partial charge is 0.243 e. The van der Waals surface area contributed by atoms with Crippen LogP contribution in [0.3, 0.4) is 0 Å². The molecule has 1 saturated heterocycles. The van der Waals surface area contributed by atoms with Gasteiger partial charge in [0.25, 0.3) is 0 Å². The maximum atomic E-state index is 12.7. The van der Waals surface area contributed by atoms with Crippen LogP contribution in [-0.4, -0.2) is 40.7 Å². The standard InChI is InChI=1S/C19H23N3O2/c1-2-16-13-21(18(24)19(14-20)9-10-19)11-8-17(23)22(16)12-15-6-4-3-5-7-15/h3-7,16H,2,8-13H2,1H3. The number of carbonyl (C=O) groups is 2. The van der Waals surface area contributed by atoms with E-state index in [1.807, 2.05) is 42.2 Å². The molecule has 1 unspecified atom stereocenters. The van der Waals surface area contributed by atoms with Gasteiger partial charge < -0.3 is 9.80 Å². The summed E-state index contributed by atoms with van der Waals surface area (Å²) in [5.41, 5.74) is 0.287. The lowest BCUT2D eigenvalue weighted by Gasteiger charge is -2.32. The van der Waals surface area contributed by atoms with Gasteiger partial charge >= 0.3 is 0 Å². The monoisotopic (exact) mass is 325 g/mol. The minimum absolute atomic E-state index is 0.00125. The summed E-state index contributed by atoms with van der Waals surface area (Å²) < 4.78 is 0. The fourth-order valence-corrected chi connectivity index (χ4v) is 3.35. The highest BCUT2D eigenvalue weighted by molar-refractivity contribution is 5.89. The molecule has 5 nitrogen and oxygen atoms in total. The van der Waals surface area contributed by atoms with E-state index in [0.717, 1.165) is 12.0 Å². The van der Waals surface area contributed by atoms with Crippen molar-refractivity contribution in [2.45, 2.75) is 45.2 Å². The molecule has 1 heterocycles. The first-order chi connectivity index (χ1) is 11.6. The molecule has 5 heteroatoms. The van der Waals surface area contributed by atoms with Gasteiger partial charge in [-0.05, 0) is 24.8 Å². The van der Waals surface area contributed by atoms with Crippen LogP contribution in [-0.2, 0) is 16.1 Å². The van der Waals surface area contributed by atoms with Gasteiger partial charge in [-0.2, -0.15) is 5.26 Å². The molecule has 1 aromatic carbocycles. The van der Waals surface area contributed by atoms with E-state index in [-0.39, 0.29) is 17.9 Å². The first-order valence-electron chi connectivity index (χ1n) is 8.63. The van der Waals surface area contributed by atoms with Gasteiger partial charge in [-0.25, -0.2) is 0 Å². The zero-order valence-corrected chi connectivity index (χ0v) is 14.1. The zero-order valence-electron chi connectivity index (χ0n) is 14.1. The number of nitriles is 1. The highest BCUT2D eigenvalue weighted by Gasteiger charge is 2.53. The van der Waals surface area contributed by atoms with Crippen LogP contribution in [0.2, 0.25) is 0 Å². The van der Waals surface area contributed by atoms with Crippen molar-refractivity contribution < 1.29 is 9.59 Å². The summed E-state index contributed by atoms with van der Waals surface area (Å²) in [4.78, 5) is 28.9. The predicted octanol–water partition coefficient (Wildman–Crippen LogP) is 2.33. The molecule has 1 aliphatic carbocycles. The van der Waals surface area contributed by atoms with Crippen molar-refractivity contribution >= 4 is 11.8 Å². The SMILES string of the molecule is CCC1CN(C(=O)C2(C#N)CC2)CCC(=O)N1Cc1ccccc1. The fourth-order valence-electron chi connectivity index (χ4n) is 3.35. The van der Waals surface area contributed by atoms with Crippen molar-refractivity contribution in [1.82, 2.24) is 9.80 Å². The molecule has 2 amide bonds.